The summed E-state index contributed by atoms with van der Waals surface area (Å²) >= 11 is 0. The van der Waals surface area contributed by atoms with E-state index in [9.17, 15) is 0 Å². The number of furan rings is 1. The largest absolute Gasteiger partial charge is 0.458 e. The van der Waals surface area contributed by atoms with Crippen LogP contribution in [-0.4, -0.2) is 13.1 Å². The number of anilines is 3. The lowest BCUT2D eigenvalue weighted by atomic mass is 10.1. The highest BCUT2D eigenvalue weighted by atomic mass is 16.3. The predicted octanol–water partition coefficient (Wildman–Crippen LogP) is 12.9. The van der Waals surface area contributed by atoms with Gasteiger partial charge < -0.3 is 20.0 Å². The maximum atomic E-state index is 6.70. The van der Waals surface area contributed by atoms with E-state index < -0.39 is 0 Å². The predicted molar refractivity (Wildman–Crippen MR) is 247 cm³/mol. The van der Waals surface area contributed by atoms with Crippen LogP contribution in [0, 0.1) is 19.8 Å². The van der Waals surface area contributed by atoms with Crippen LogP contribution in [0.3, 0.4) is 0 Å². The molecule has 0 spiro atoms. The van der Waals surface area contributed by atoms with Crippen LogP contribution in [0.4, 0.5) is 17.1 Å². The number of nitrogens with two attached hydrogens (primary N) is 1. The van der Waals surface area contributed by atoms with Gasteiger partial charge in [-0.2, -0.15) is 0 Å². The van der Waals surface area contributed by atoms with Gasteiger partial charge in [0.1, 0.15) is 5.76 Å². The number of nitrogens with zero attached hydrogens (tertiary/aromatic N) is 2. The molecule has 0 unspecified atom stereocenters. The van der Waals surface area contributed by atoms with Crippen LogP contribution in [0.25, 0.3) is 11.0 Å². The van der Waals surface area contributed by atoms with E-state index in [0.717, 1.165) is 65.2 Å². The fourth-order valence-electron chi connectivity index (χ4n) is 6.59. The molecule has 1 aromatic heterocycles. The van der Waals surface area contributed by atoms with Crippen molar-refractivity contribution in [2.45, 2.75) is 32.7 Å². The number of hydrogen-bond donors (Lipinski definition) is 1. The van der Waals surface area contributed by atoms with E-state index in [1.54, 1.807) is 0 Å². The molecule has 0 aliphatic carbocycles. The Bertz CT molecular complexity index is 2260. The second kappa shape index (κ2) is 23.2. The summed E-state index contributed by atoms with van der Waals surface area (Å²) < 4.78 is 6.70. The SMILES string of the molecule is C#C.C=C.C=C1/C=C\Cc2ccccc2N(c2ccccc2)CCN(c2cccc3c(C)c(Cc4ccccc4)oc23)C(=C)/C=C\C=C/C1.NCc1ccccc1. The highest BCUT2D eigenvalue weighted by Gasteiger charge is 2.21. The lowest BCUT2D eigenvalue weighted by molar-refractivity contribution is 0.558. The number of terminal acetylenes is 1. The van der Waals surface area contributed by atoms with Crippen molar-refractivity contribution < 1.29 is 4.42 Å². The van der Waals surface area contributed by atoms with Crippen molar-refractivity contribution in [1.29, 1.82) is 0 Å². The normalized spacial score (nSPS) is 14.7. The summed E-state index contributed by atoms with van der Waals surface area (Å²) in [6.45, 7) is 19.1. The van der Waals surface area contributed by atoms with E-state index in [1.165, 1.54) is 27.9 Å². The number of rotatable bonds is 5. The second-order valence-corrected chi connectivity index (χ2v) is 13.2. The van der Waals surface area contributed by atoms with Crippen molar-refractivity contribution in [2.75, 3.05) is 22.9 Å². The summed E-state index contributed by atoms with van der Waals surface area (Å²) in [4.78, 5) is 4.72. The Morgan fingerprint density at radius 3 is 1.89 bits per heavy atom. The van der Waals surface area contributed by atoms with Gasteiger partial charge in [-0.1, -0.05) is 158 Å². The summed E-state index contributed by atoms with van der Waals surface area (Å²) in [7, 11) is 0. The molecular formula is C53H55N3O. The molecule has 2 heterocycles. The van der Waals surface area contributed by atoms with Gasteiger partial charge in [-0.25, -0.2) is 0 Å². The maximum Gasteiger partial charge on any atom is 0.158 e. The van der Waals surface area contributed by atoms with Gasteiger partial charge in [0.2, 0.25) is 0 Å². The topological polar surface area (TPSA) is 45.6 Å². The third-order valence-electron chi connectivity index (χ3n) is 9.47. The van der Waals surface area contributed by atoms with Crippen molar-refractivity contribution >= 4 is 28.0 Å². The van der Waals surface area contributed by atoms with E-state index in [2.05, 4.69) is 195 Å². The van der Waals surface area contributed by atoms with E-state index in [0.29, 0.717) is 13.1 Å². The van der Waals surface area contributed by atoms with Gasteiger partial charge in [-0.3, -0.25) is 0 Å². The molecule has 57 heavy (non-hydrogen) atoms. The van der Waals surface area contributed by atoms with Crippen molar-refractivity contribution in [1.82, 2.24) is 0 Å². The molecule has 4 nitrogen and oxygen atoms in total. The van der Waals surface area contributed by atoms with Gasteiger partial charge >= 0.3 is 0 Å². The van der Waals surface area contributed by atoms with Crippen molar-refractivity contribution in [3.05, 3.63) is 236 Å². The number of allylic oxidation sites excluding steroid dienone is 7. The molecule has 0 saturated heterocycles. The summed E-state index contributed by atoms with van der Waals surface area (Å²) in [6, 6.07) is 46.3. The van der Waals surface area contributed by atoms with Crippen LogP contribution in [0.15, 0.2) is 212 Å². The molecule has 5 aromatic carbocycles. The highest BCUT2D eigenvalue weighted by Crippen LogP contribution is 2.36. The van der Waals surface area contributed by atoms with Gasteiger partial charge in [-0.05, 0) is 72.4 Å². The van der Waals surface area contributed by atoms with Crippen LogP contribution < -0.4 is 15.5 Å². The molecule has 288 valence electrons. The fourth-order valence-corrected chi connectivity index (χ4v) is 6.59. The van der Waals surface area contributed by atoms with Crippen molar-refractivity contribution in [3.8, 4) is 12.8 Å². The van der Waals surface area contributed by atoms with Gasteiger partial charge in [0.05, 0.1) is 5.69 Å². The Morgan fingerprint density at radius 2 is 1.23 bits per heavy atom. The lowest BCUT2D eigenvalue weighted by Gasteiger charge is -2.32. The minimum atomic E-state index is 0.640. The van der Waals surface area contributed by atoms with Gasteiger partial charge in [0.15, 0.2) is 5.58 Å². The monoisotopic (exact) mass is 749 g/mol. The first-order chi connectivity index (χ1) is 28.0. The zero-order valence-electron chi connectivity index (χ0n) is 33.3. The van der Waals surface area contributed by atoms with Crippen molar-refractivity contribution in [2.24, 2.45) is 5.73 Å². The Kier molecular flexibility index (Phi) is 17.5. The Balaban J connectivity index is 0.000000524. The molecule has 0 amide bonds. The zero-order valence-corrected chi connectivity index (χ0v) is 33.3. The molecule has 0 radical (unpaired) electrons. The van der Waals surface area contributed by atoms with Gasteiger partial charge in [0.25, 0.3) is 0 Å². The third-order valence-corrected chi connectivity index (χ3v) is 9.47. The Hall–Kier alpha value is -6.80. The average molecular weight is 750 g/mol. The van der Waals surface area contributed by atoms with Crippen molar-refractivity contribution in [3.63, 3.8) is 0 Å². The molecule has 0 atom stereocenters. The van der Waals surface area contributed by atoms with Crippen LogP contribution in [0.1, 0.15) is 34.4 Å². The second-order valence-electron chi connectivity index (χ2n) is 13.2. The first kappa shape index (κ1) is 42.9. The summed E-state index contributed by atoms with van der Waals surface area (Å²) in [5.74, 6) is 0.996. The lowest BCUT2D eigenvalue weighted by Crippen LogP contribution is -2.32. The summed E-state index contributed by atoms with van der Waals surface area (Å²) in [6.07, 6.45) is 23.1. The van der Waals surface area contributed by atoms with E-state index in [1.807, 2.05) is 30.3 Å². The molecule has 4 heteroatoms. The molecule has 1 aliphatic rings. The molecule has 0 saturated carbocycles. The summed E-state index contributed by atoms with van der Waals surface area (Å²) in [5.41, 5.74) is 16.5. The highest BCUT2D eigenvalue weighted by molar-refractivity contribution is 5.93. The first-order valence-corrected chi connectivity index (χ1v) is 19.2. The van der Waals surface area contributed by atoms with Crippen LogP contribution in [-0.2, 0) is 19.4 Å². The first-order valence-electron chi connectivity index (χ1n) is 19.2. The summed E-state index contributed by atoms with van der Waals surface area (Å²) in [5, 5.41) is 1.14. The quantitative estimate of drug-likeness (QED) is 0.141. The molecule has 6 aromatic rings. The number of aryl methyl sites for hydroxylation is 1. The molecule has 1 aliphatic heterocycles. The van der Waals surface area contributed by atoms with E-state index >= 15 is 0 Å². The number of benzene rings is 5. The molecule has 0 fully saturated rings. The average Bonchev–Trinajstić information content (AvgIpc) is 3.59. The smallest absolute Gasteiger partial charge is 0.158 e. The molecule has 0 bridgehead atoms. The number of fused-ring (bicyclic) bond motifs is 2. The van der Waals surface area contributed by atoms with Crippen LogP contribution in [0.2, 0.25) is 0 Å². The molecule has 2 N–H and O–H groups in total. The molecular weight excluding hydrogens is 695 g/mol. The van der Waals surface area contributed by atoms with Gasteiger partial charge in [0, 0.05) is 48.5 Å². The zero-order chi connectivity index (χ0) is 40.8. The Morgan fingerprint density at radius 1 is 0.632 bits per heavy atom. The standard InChI is InChI=1S/C42H40N2O.C7H9N.C2H4.C2H2/c1-32-17-7-4-8-19-33(2)43(40-28-16-26-38-34(3)41(45-42(38)40)31-35-20-9-5-10-21-35)29-30-44(37-24-11-6-12-25-37)39-27-14-13-22-36(39)23-15-18-32;8-6-7-4-2-1-3-5-7;2*1-2/h4-16,18-22,24-28H,1-2,17,23,29-31H2,3H3;1-5H,6,8H2;1-2H2;1-2H/b7-4-,18-15-,19-8-;;;. The van der Waals surface area contributed by atoms with Crippen LogP contribution in [0.5, 0.6) is 0 Å². The minimum Gasteiger partial charge on any atom is -0.458 e. The van der Waals surface area contributed by atoms with E-state index in [4.69, 9.17) is 10.2 Å². The van der Waals surface area contributed by atoms with Crippen LogP contribution >= 0.6 is 0 Å². The maximum absolute atomic E-state index is 6.70. The minimum absolute atomic E-state index is 0.640. The third kappa shape index (κ3) is 12.1. The van der Waals surface area contributed by atoms with E-state index in [-0.39, 0.29) is 0 Å². The number of para-hydroxylation sites is 3. The van der Waals surface area contributed by atoms with Gasteiger partial charge in [-0.15, -0.1) is 26.0 Å². The Labute approximate surface area is 341 Å². The number of hydrogen-bond acceptors (Lipinski definition) is 4. The fraction of sp³-hybridized carbons (Fsp3) is 0.132. The molecule has 7 rings (SSSR count).